The number of hydrogen-bond donors (Lipinski definition) is 2. The summed E-state index contributed by atoms with van der Waals surface area (Å²) in [5.41, 5.74) is 7.29. The molecule has 5 heteroatoms. The summed E-state index contributed by atoms with van der Waals surface area (Å²) in [7, 11) is 2.08. The van der Waals surface area contributed by atoms with E-state index in [4.69, 9.17) is 29.6 Å². The molecule has 0 bridgehead atoms. The molecule has 0 unspecified atom stereocenters. The molecule has 0 aromatic heterocycles. The molecule has 3 N–H and O–H groups in total. The lowest BCUT2D eigenvalue weighted by molar-refractivity contribution is 0.367. The molecule has 0 fully saturated rings. The van der Waals surface area contributed by atoms with Gasteiger partial charge < -0.3 is 16.0 Å². The molecule has 1 rings (SSSR count). The van der Waals surface area contributed by atoms with Crippen molar-refractivity contribution in [1.82, 2.24) is 4.90 Å². The van der Waals surface area contributed by atoms with E-state index in [0.29, 0.717) is 10.0 Å². The largest absolute Gasteiger partial charge is 0.389 e. The molecule has 0 saturated heterocycles. The van der Waals surface area contributed by atoms with Gasteiger partial charge in [-0.1, -0.05) is 36.8 Å². The number of halogens is 1. The zero-order valence-electron chi connectivity index (χ0n) is 10.2. The number of nitrogens with one attached hydrogen (secondary N) is 1. The Morgan fingerprint density at radius 3 is 2.82 bits per heavy atom. The van der Waals surface area contributed by atoms with E-state index >= 15 is 0 Å². The summed E-state index contributed by atoms with van der Waals surface area (Å²) in [6.45, 7) is 4.94. The predicted octanol–water partition coefficient (Wildman–Crippen LogP) is 2.34. The van der Waals surface area contributed by atoms with Crippen molar-refractivity contribution in [2.24, 2.45) is 5.73 Å². The number of thiocarbonyl (C=S) groups is 1. The first kappa shape index (κ1) is 14.2. The molecular formula is C12H18ClN3S. The van der Waals surface area contributed by atoms with E-state index in [9.17, 15) is 0 Å². The van der Waals surface area contributed by atoms with Crippen LogP contribution in [-0.4, -0.2) is 36.6 Å². The van der Waals surface area contributed by atoms with Crippen LogP contribution >= 0.6 is 23.8 Å². The van der Waals surface area contributed by atoms with Crippen molar-refractivity contribution < 1.29 is 0 Å². The lowest BCUT2D eigenvalue weighted by Gasteiger charge is -2.16. The van der Waals surface area contributed by atoms with Crippen LogP contribution in [0.1, 0.15) is 12.5 Å². The number of anilines is 1. The number of nitrogens with two attached hydrogens (primary N) is 1. The fraction of sp³-hybridized carbons (Fsp3) is 0.417. The standard InChI is InChI=1S/C12H18ClN3S/c1-3-16(2)8-7-15-10-6-4-5-9(13)11(10)12(14)17/h4-6,15H,3,7-8H2,1-2H3,(H2,14,17). The summed E-state index contributed by atoms with van der Waals surface area (Å²) in [6.07, 6.45) is 0. The van der Waals surface area contributed by atoms with Crippen LogP contribution in [0.4, 0.5) is 5.69 Å². The van der Waals surface area contributed by atoms with Gasteiger partial charge in [0.2, 0.25) is 0 Å². The average Bonchev–Trinajstić information content (AvgIpc) is 2.28. The number of nitrogens with zero attached hydrogens (tertiary/aromatic N) is 1. The first-order chi connectivity index (χ1) is 8.06. The minimum absolute atomic E-state index is 0.321. The van der Waals surface area contributed by atoms with Crippen molar-refractivity contribution in [3.8, 4) is 0 Å². The fourth-order valence-electron chi connectivity index (χ4n) is 1.46. The molecule has 0 radical (unpaired) electrons. The van der Waals surface area contributed by atoms with E-state index in [0.717, 1.165) is 30.9 Å². The van der Waals surface area contributed by atoms with Gasteiger partial charge in [0.15, 0.2) is 0 Å². The average molecular weight is 272 g/mol. The second-order valence-corrected chi connectivity index (χ2v) is 4.70. The highest BCUT2D eigenvalue weighted by molar-refractivity contribution is 7.80. The second kappa shape index (κ2) is 6.79. The second-order valence-electron chi connectivity index (χ2n) is 3.85. The van der Waals surface area contributed by atoms with Gasteiger partial charge in [-0.15, -0.1) is 0 Å². The molecule has 0 aliphatic heterocycles. The van der Waals surface area contributed by atoms with Crippen LogP contribution in [0, 0.1) is 0 Å². The Balaban J connectivity index is 2.71. The highest BCUT2D eigenvalue weighted by atomic mass is 35.5. The van der Waals surface area contributed by atoms with Crippen molar-refractivity contribution in [2.75, 3.05) is 32.0 Å². The highest BCUT2D eigenvalue weighted by Gasteiger charge is 2.09. The van der Waals surface area contributed by atoms with Gasteiger partial charge in [-0.2, -0.15) is 0 Å². The molecule has 0 saturated carbocycles. The molecule has 0 amide bonds. The van der Waals surface area contributed by atoms with Crippen LogP contribution < -0.4 is 11.1 Å². The van der Waals surface area contributed by atoms with Crippen molar-refractivity contribution in [1.29, 1.82) is 0 Å². The summed E-state index contributed by atoms with van der Waals surface area (Å²) in [5, 5.41) is 3.90. The Labute approximate surface area is 113 Å². The lowest BCUT2D eigenvalue weighted by atomic mass is 10.1. The fourth-order valence-corrected chi connectivity index (χ4v) is 2.01. The van der Waals surface area contributed by atoms with Crippen LogP contribution in [0.2, 0.25) is 5.02 Å². The van der Waals surface area contributed by atoms with Gasteiger partial charge in [0.05, 0.1) is 10.6 Å². The molecule has 94 valence electrons. The molecule has 0 aliphatic carbocycles. The number of hydrogen-bond acceptors (Lipinski definition) is 3. The SMILES string of the molecule is CCN(C)CCNc1cccc(Cl)c1C(N)=S. The maximum Gasteiger partial charge on any atom is 0.107 e. The first-order valence-corrected chi connectivity index (χ1v) is 6.35. The van der Waals surface area contributed by atoms with Gasteiger partial charge in [0.25, 0.3) is 0 Å². The first-order valence-electron chi connectivity index (χ1n) is 5.57. The van der Waals surface area contributed by atoms with Crippen LogP contribution in [0.25, 0.3) is 0 Å². The third-order valence-electron chi connectivity index (χ3n) is 2.61. The molecule has 1 aromatic carbocycles. The zero-order chi connectivity index (χ0) is 12.8. The summed E-state index contributed by atoms with van der Waals surface area (Å²) in [5.74, 6) is 0. The Morgan fingerprint density at radius 1 is 1.53 bits per heavy atom. The van der Waals surface area contributed by atoms with Crippen LogP contribution in [0.5, 0.6) is 0 Å². The summed E-state index contributed by atoms with van der Waals surface area (Å²) in [6, 6.07) is 5.61. The number of benzene rings is 1. The zero-order valence-corrected chi connectivity index (χ0v) is 11.7. The third kappa shape index (κ3) is 4.15. The molecule has 17 heavy (non-hydrogen) atoms. The van der Waals surface area contributed by atoms with E-state index in [2.05, 4.69) is 24.2 Å². The number of likely N-dealkylation sites (N-methyl/N-ethyl adjacent to an activating group) is 1. The molecular weight excluding hydrogens is 254 g/mol. The van der Waals surface area contributed by atoms with Gasteiger partial charge in [0.1, 0.15) is 4.99 Å². The van der Waals surface area contributed by atoms with Crippen LogP contribution in [-0.2, 0) is 0 Å². The minimum atomic E-state index is 0.321. The van der Waals surface area contributed by atoms with E-state index in [1.54, 1.807) is 6.07 Å². The van der Waals surface area contributed by atoms with Gasteiger partial charge in [0, 0.05) is 18.8 Å². The molecule has 1 aromatic rings. The van der Waals surface area contributed by atoms with E-state index in [1.165, 1.54) is 0 Å². The molecule has 3 nitrogen and oxygen atoms in total. The maximum absolute atomic E-state index is 6.08. The van der Waals surface area contributed by atoms with Gasteiger partial charge in [-0.05, 0) is 25.7 Å². The van der Waals surface area contributed by atoms with Gasteiger partial charge in [-0.25, -0.2) is 0 Å². The van der Waals surface area contributed by atoms with E-state index < -0.39 is 0 Å². The molecule has 0 heterocycles. The summed E-state index contributed by atoms with van der Waals surface area (Å²) < 4.78 is 0. The molecule has 0 atom stereocenters. The normalized spacial score (nSPS) is 10.6. The Hall–Kier alpha value is -0.840. The lowest BCUT2D eigenvalue weighted by Crippen LogP contribution is -2.25. The highest BCUT2D eigenvalue weighted by Crippen LogP contribution is 2.23. The summed E-state index contributed by atoms with van der Waals surface area (Å²) in [4.78, 5) is 2.54. The Morgan fingerprint density at radius 2 is 2.24 bits per heavy atom. The monoisotopic (exact) mass is 271 g/mol. The van der Waals surface area contributed by atoms with Gasteiger partial charge >= 0.3 is 0 Å². The minimum Gasteiger partial charge on any atom is -0.389 e. The molecule has 0 aliphatic rings. The van der Waals surface area contributed by atoms with Crippen LogP contribution in [0.3, 0.4) is 0 Å². The third-order valence-corrected chi connectivity index (χ3v) is 3.13. The smallest absolute Gasteiger partial charge is 0.107 e. The van der Waals surface area contributed by atoms with E-state index in [-0.39, 0.29) is 0 Å². The predicted molar refractivity (Wildman–Crippen MR) is 79.0 cm³/mol. The van der Waals surface area contributed by atoms with Crippen LogP contribution in [0.15, 0.2) is 18.2 Å². The Bertz CT molecular complexity index is 395. The van der Waals surface area contributed by atoms with Gasteiger partial charge in [-0.3, -0.25) is 0 Å². The van der Waals surface area contributed by atoms with E-state index in [1.807, 2.05) is 12.1 Å². The quantitative estimate of drug-likeness (QED) is 0.780. The topological polar surface area (TPSA) is 41.3 Å². The van der Waals surface area contributed by atoms with Crippen molar-refractivity contribution >= 4 is 34.5 Å². The number of rotatable bonds is 6. The summed E-state index contributed by atoms with van der Waals surface area (Å²) >= 11 is 11.1. The van der Waals surface area contributed by atoms with Crippen molar-refractivity contribution in [3.05, 3.63) is 28.8 Å². The van der Waals surface area contributed by atoms with Crippen molar-refractivity contribution in [3.63, 3.8) is 0 Å². The molecule has 0 spiro atoms. The van der Waals surface area contributed by atoms with Crippen molar-refractivity contribution in [2.45, 2.75) is 6.92 Å². The maximum atomic E-state index is 6.08. The Kier molecular flexibility index (Phi) is 5.68.